The fraction of sp³-hybridized carbons (Fsp3) is 0.667. The molecule has 0 aliphatic rings. The number of rotatable bonds is 0. The molecule has 3 radical (unpaired) electrons. The average Bonchev–Trinajstić information content (AvgIpc) is 1.36. The van der Waals surface area contributed by atoms with Gasteiger partial charge in [-0.25, -0.2) is 0 Å². The Balaban J connectivity index is -0.0000000125. The van der Waals surface area contributed by atoms with Crippen molar-refractivity contribution in [3.8, 4) is 0 Å². The van der Waals surface area contributed by atoms with Crippen LogP contribution in [-0.2, 0) is 51.2 Å². The van der Waals surface area contributed by atoms with Gasteiger partial charge in [0.1, 0.15) is 4.32 Å². The monoisotopic (exact) mass is 380 g/mol. The summed E-state index contributed by atoms with van der Waals surface area (Å²) in [6.45, 7) is 0. The third kappa shape index (κ3) is 32.8. The first kappa shape index (κ1) is 37.7. The van der Waals surface area contributed by atoms with Gasteiger partial charge in [-0.2, -0.15) is 0 Å². The van der Waals surface area contributed by atoms with E-state index in [1.807, 2.05) is 14.1 Å². The van der Waals surface area contributed by atoms with Crippen molar-refractivity contribution in [2.45, 2.75) is 0 Å². The molecule has 0 N–H and O–H groups in total. The molecule has 0 saturated carbocycles. The maximum absolute atomic E-state index is 4.61. The molecule has 0 atom stereocenters. The van der Waals surface area contributed by atoms with Gasteiger partial charge in [0.2, 0.25) is 0 Å². The maximum atomic E-state index is 4.61. The summed E-state index contributed by atoms with van der Waals surface area (Å²) in [5.74, 6) is 0. The molecule has 1 nitrogen and oxygen atoms in total. The SMILES string of the molecule is CN(C)C(=S)S.[Cl-].[Cl-].[Cu+2].[Cu+2].[Cu+2]. The van der Waals surface area contributed by atoms with E-state index in [1.165, 1.54) is 0 Å². The van der Waals surface area contributed by atoms with Crippen LogP contribution in [0.3, 0.4) is 0 Å². The summed E-state index contributed by atoms with van der Waals surface area (Å²) in [5, 5.41) is 0. The van der Waals surface area contributed by atoms with Gasteiger partial charge in [-0.15, -0.1) is 12.6 Å². The molecule has 0 aromatic carbocycles. The fourth-order valence-electron chi connectivity index (χ4n) is 0. The van der Waals surface area contributed by atoms with Gasteiger partial charge in [0.25, 0.3) is 0 Å². The number of thiol groups is 1. The Labute approximate surface area is 123 Å². The third-order valence-corrected chi connectivity index (χ3v) is 1.15. The van der Waals surface area contributed by atoms with E-state index >= 15 is 0 Å². The first-order valence-electron chi connectivity index (χ1n) is 1.55. The zero-order chi connectivity index (χ0) is 5.15. The second-order valence-electron chi connectivity index (χ2n) is 1.18. The van der Waals surface area contributed by atoms with Crippen LogP contribution in [0.1, 0.15) is 0 Å². The number of halogens is 2. The minimum absolute atomic E-state index is 0. The second kappa shape index (κ2) is 22.8. The van der Waals surface area contributed by atoms with Crippen LogP contribution in [0.2, 0.25) is 0 Å². The van der Waals surface area contributed by atoms with Crippen molar-refractivity contribution in [3.05, 3.63) is 0 Å². The van der Waals surface area contributed by atoms with Crippen molar-refractivity contribution in [2.75, 3.05) is 14.1 Å². The zero-order valence-corrected chi connectivity index (χ0v) is 11.5. The summed E-state index contributed by atoms with van der Waals surface area (Å²) in [6, 6.07) is 0. The molecular formula is C3H7Cl2Cu3NS2+4. The minimum Gasteiger partial charge on any atom is -1.00 e. The predicted molar refractivity (Wildman–Crippen MR) is 35.3 cm³/mol. The van der Waals surface area contributed by atoms with Crippen molar-refractivity contribution < 1.29 is 76.0 Å². The summed E-state index contributed by atoms with van der Waals surface area (Å²) < 4.78 is 0.620. The van der Waals surface area contributed by atoms with Gasteiger partial charge >= 0.3 is 51.2 Å². The molecule has 0 aliphatic carbocycles. The number of thiocarbonyl (C=S) groups is 1. The number of hydrogen-bond acceptors (Lipinski definition) is 1. The first-order valence-corrected chi connectivity index (χ1v) is 2.40. The maximum Gasteiger partial charge on any atom is 2.00 e. The van der Waals surface area contributed by atoms with E-state index in [0.717, 1.165) is 0 Å². The van der Waals surface area contributed by atoms with E-state index in [2.05, 4.69) is 24.8 Å². The standard InChI is InChI=1S/C3H7NS2.2ClH.3Cu/c1-4(2)3(5)6;;;;;/h1-2H3,(H,5,6);2*1H;;;/q;;;3*+2/p-2. The van der Waals surface area contributed by atoms with Crippen LogP contribution in [0.25, 0.3) is 0 Å². The van der Waals surface area contributed by atoms with Crippen LogP contribution >= 0.6 is 24.8 Å². The summed E-state index contributed by atoms with van der Waals surface area (Å²) in [4.78, 5) is 1.76. The Morgan fingerprint density at radius 2 is 1.18 bits per heavy atom. The Bertz CT molecular complexity index is 75.6. The molecule has 0 heterocycles. The smallest absolute Gasteiger partial charge is 1.00 e. The summed E-state index contributed by atoms with van der Waals surface area (Å²) in [5.41, 5.74) is 0. The molecule has 0 rings (SSSR count). The molecular weight excluding hydrogens is 376 g/mol. The van der Waals surface area contributed by atoms with Crippen LogP contribution < -0.4 is 24.8 Å². The van der Waals surface area contributed by atoms with Crippen molar-refractivity contribution in [1.29, 1.82) is 0 Å². The van der Waals surface area contributed by atoms with Crippen LogP contribution in [0.4, 0.5) is 0 Å². The van der Waals surface area contributed by atoms with Gasteiger partial charge in [0, 0.05) is 14.1 Å². The largest absolute Gasteiger partial charge is 2.00 e. The Kier molecular flexibility index (Phi) is 78.1. The molecule has 0 aromatic heterocycles. The molecule has 11 heavy (non-hydrogen) atoms. The number of hydrogen-bond donors (Lipinski definition) is 1. The van der Waals surface area contributed by atoms with Crippen LogP contribution in [0.15, 0.2) is 0 Å². The topological polar surface area (TPSA) is 3.24 Å². The molecule has 0 saturated heterocycles. The molecule has 0 aromatic rings. The summed E-state index contributed by atoms with van der Waals surface area (Å²) in [6.07, 6.45) is 0. The molecule has 0 bridgehead atoms. The third-order valence-electron chi connectivity index (χ3n) is 0.383. The van der Waals surface area contributed by atoms with E-state index in [1.54, 1.807) is 4.90 Å². The van der Waals surface area contributed by atoms with E-state index in [9.17, 15) is 0 Å². The molecule has 0 unspecified atom stereocenters. The molecule has 0 amide bonds. The Morgan fingerprint density at radius 3 is 1.18 bits per heavy atom. The molecule has 79 valence electrons. The quantitative estimate of drug-likeness (QED) is 0.253. The Hall–Kier alpha value is 2.38. The van der Waals surface area contributed by atoms with Crippen molar-refractivity contribution in [3.63, 3.8) is 0 Å². The van der Waals surface area contributed by atoms with Gasteiger partial charge < -0.3 is 29.7 Å². The second-order valence-corrected chi connectivity index (χ2v) is 2.29. The predicted octanol–water partition coefficient (Wildman–Crippen LogP) is -5.24. The Morgan fingerprint density at radius 1 is 1.09 bits per heavy atom. The molecule has 0 spiro atoms. The van der Waals surface area contributed by atoms with Gasteiger partial charge in [0.15, 0.2) is 0 Å². The van der Waals surface area contributed by atoms with Crippen molar-refractivity contribution in [1.82, 2.24) is 4.90 Å². The van der Waals surface area contributed by atoms with Crippen molar-refractivity contribution in [2.24, 2.45) is 0 Å². The minimum atomic E-state index is 0. The van der Waals surface area contributed by atoms with Gasteiger partial charge in [-0.3, -0.25) is 0 Å². The van der Waals surface area contributed by atoms with Crippen molar-refractivity contribution >= 4 is 29.2 Å². The molecule has 8 heteroatoms. The summed E-state index contributed by atoms with van der Waals surface area (Å²) >= 11 is 8.46. The summed E-state index contributed by atoms with van der Waals surface area (Å²) in [7, 11) is 3.71. The van der Waals surface area contributed by atoms with E-state index in [-0.39, 0.29) is 76.0 Å². The first-order chi connectivity index (χ1) is 2.64. The van der Waals surface area contributed by atoms with Crippen LogP contribution in [-0.4, -0.2) is 23.3 Å². The van der Waals surface area contributed by atoms with E-state index in [4.69, 9.17) is 0 Å². The van der Waals surface area contributed by atoms with Gasteiger partial charge in [-0.1, -0.05) is 12.2 Å². The van der Waals surface area contributed by atoms with E-state index in [0.29, 0.717) is 4.32 Å². The zero-order valence-electron chi connectivity index (χ0n) is 5.46. The van der Waals surface area contributed by atoms with Crippen LogP contribution in [0.5, 0.6) is 0 Å². The van der Waals surface area contributed by atoms with Crippen LogP contribution in [0, 0.1) is 0 Å². The van der Waals surface area contributed by atoms with E-state index < -0.39 is 0 Å². The molecule has 0 fully saturated rings. The number of nitrogens with zero attached hydrogens (tertiary/aromatic N) is 1. The average molecular weight is 383 g/mol. The molecule has 0 aliphatic heterocycles. The van der Waals surface area contributed by atoms with Gasteiger partial charge in [-0.05, 0) is 0 Å². The normalized spacial score (nSPS) is 4.27. The van der Waals surface area contributed by atoms with Gasteiger partial charge in [0.05, 0.1) is 0 Å². The fourth-order valence-corrected chi connectivity index (χ4v) is 0.